The zero-order valence-corrected chi connectivity index (χ0v) is 10.1. The van der Waals surface area contributed by atoms with Crippen LogP contribution in [0.3, 0.4) is 0 Å². The first-order valence-electron chi connectivity index (χ1n) is 5.34. The quantitative estimate of drug-likeness (QED) is 0.550. The average Bonchev–Trinajstić information content (AvgIpc) is 2.17. The SMILES string of the molecule is Cc1ccc(C)c(CCCCC(=O)Cl)c1. The lowest BCUT2D eigenvalue weighted by molar-refractivity contribution is -0.111. The average molecular weight is 225 g/mol. The van der Waals surface area contributed by atoms with Crippen LogP contribution in [0.2, 0.25) is 0 Å². The van der Waals surface area contributed by atoms with Crippen molar-refractivity contribution in [2.24, 2.45) is 0 Å². The summed E-state index contributed by atoms with van der Waals surface area (Å²) >= 11 is 5.28. The number of aryl methyl sites for hydroxylation is 3. The summed E-state index contributed by atoms with van der Waals surface area (Å²) in [6.45, 7) is 4.23. The lowest BCUT2D eigenvalue weighted by atomic mass is 10.0. The van der Waals surface area contributed by atoms with Crippen LogP contribution in [0.1, 0.15) is 36.0 Å². The van der Waals surface area contributed by atoms with Crippen LogP contribution in [0.5, 0.6) is 0 Å². The van der Waals surface area contributed by atoms with E-state index in [1.54, 1.807) is 0 Å². The second kappa shape index (κ2) is 5.92. The van der Waals surface area contributed by atoms with E-state index in [2.05, 4.69) is 32.0 Å². The molecule has 1 aromatic carbocycles. The van der Waals surface area contributed by atoms with Gasteiger partial charge in [0.25, 0.3) is 0 Å². The maximum absolute atomic E-state index is 10.5. The molecule has 0 saturated carbocycles. The zero-order chi connectivity index (χ0) is 11.3. The molecule has 0 aliphatic heterocycles. The van der Waals surface area contributed by atoms with Gasteiger partial charge in [-0.3, -0.25) is 4.79 Å². The van der Waals surface area contributed by atoms with Crippen molar-refractivity contribution in [3.05, 3.63) is 34.9 Å². The van der Waals surface area contributed by atoms with E-state index in [1.165, 1.54) is 16.7 Å². The Kier molecular flexibility index (Phi) is 4.83. The predicted octanol–water partition coefficient (Wildman–Crippen LogP) is 3.78. The molecule has 0 N–H and O–H groups in total. The molecule has 0 bridgehead atoms. The van der Waals surface area contributed by atoms with Crippen LogP contribution in [0, 0.1) is 13.8 Å². The summed E-state index contributed by atoms with van der Waals surface area (Å²) in [6.07, 6.45) is 3.45. The summed E-state index contributed by atoms with van der Waals surface area (Å²) in [5.74, 6) is 0. The number of rotatable bonds is 5. The van der Waals surface area contributed by atoms with Crippen LogP contribution in [-0.4, -0.2) is 5.24 Å². The van der Waals surface area contributed by atoms with Gasteiger partial charge in [-0.1, -0.05) is 23.8 Å². The van der Waals surface area contributed by atoms with Gasteiger partial charge in [0.2, 0.25) is 5.24 Å². The second-order valence-electron chi connectivity index (χ2n) is 3.99. The predicted molar refractivity (Wildman–Crippen MR) is 64.3 cm³/mol. The number of unbranched alkanes of at least 4 members (excludes halogenated alkanes) is 1. The summed E-state index contributed by atoms with van der Waals surface area (Å²) < 4.78 is 0. The fraction of sp³-hybridized carbons (Fsp3) is 0.462. The van der Waals surface area contributed by atoms with Crippen molar-refractivity contribution in [3.63, 3.8) is 0 Å². The van der Waals surface area contributed by atoms with Crippen LogP contribution in [0.4, 0.5) is 0 Å². The molecular weight excluding hydrogens is 208 g/mol. The van der Waals surface area contributed by atoms with Gasteiger partial charge >= 0.3 is 0 Å². The van der Waals surface area contributed by atoms with E-state index in [0.29, 0.717) is 6.42 Å². The van der Waals surface area contributed by atoms with Gasteiger partial charge in [-0.15, -0.1) is 0 Å². The zero-order valence-electron chi connectivity index (χ0n) is 9.35. The molecule has 15 heavy (non-hydrogen) atoms. The lowest BCUT2D eigenvalue weighted by Gasteiger charge is -2.06. The van der Waals surface area contributed by atoms with Crippen LogP contribution in [-0.2, 0) is 11.2 Å². The van der Waals surface area contributed by atoms with Crippen molar-refractivity contribution in [1.29, 1.82) is 0 Å². The Hall–Kier alpha value is -0.820. The summed E-state index contributed by atoms with van der Waals surface area (Å²) in [5.41, 5.74) is 4.01. The maximum Gasteiger partial charge on any atom is 0.221 e. The van der Waals surface area contributed by atoms with E-state index in [0.717, 1.165) is 19.3 Å². The van der Waals surface area contributed by atoms with Gasteiger partial charge in [0, 0.05) is 6.42 Å². The smallest absolute Gasteiger partial charge is 0.221 e. The topological polar surface area (TPSA) is 17.1 Å². The van der Waals surface area contributed by atoms with Crippen molar-refractivity contribution in [2.75, 3.05) is 0 Å². The minimum atomic E-state index is -0.226. The molecule has 1 nitrogen and oxygen atoms in total. The molecule has 0 heterocycles. The molecule has 0 amide bonds. The summed E-state index contributed by atoms with van der Waals surface area (Å²) in [4.78, 5) is 10.5. The van der Waals surface area contributed by atoms with Gasteiger partial charge in [-0.2, -0.15) is 0 Å². The summed E-state index contributed by atoms with van der Waals surface area (Å²) in [6, 6.07) is 6.50. The van der Waals surface area contributed by atoms with Crippen molar-refractivity contribution >= 4 is 16.8 Å². The van der Waals surface area contributed by atoms with E-state index in [9.17, 15) is 4.79 Å². The van der Waals surface area contributed by atoms with Gasteiger partial charge in [0.1, 0.15) is 0 Å². The van der Waals surface area contributed by atoms with Crippen molar-refractivity contribution in [2.45, 2.75) is 39.5 Å². The highest BCUT2D eigenvalue weighted by Gasteiger charge is 2.00. The Morgan fingerprint density at radius 1 is 1.27 bits per heavy atom. The third-order valence-corrected chi connectivity index (χ3v) is 2.76. The molecule has 0 aromatic heterocycles. The molecule has 1 aromatic rings. The fourth-order valence-electron chi connectivity index (χ4n) is 1.65. The minimum Gasteiger partial charge on any atom is -0.281 e. The first-order chi connectivity index (χ1) is 7.09. The van der Waals surface area contributed by atoms with Gasteiger partial charge in [-0.05, 0) is 55.8 Å². The van der Waals surface area contributed by atoms with Gasteiger partial charge in [-0.25, -0.2) is 0 Å². The van der Waals surface area contributed by atoms with Crippen molar-refractivity contribution < 1.29 is 4.79 Å². The molecule has 0 saturated heterocycles. The third-order valence-electron chi connectivity index (χ3n) is 2.57. The van der Waals surface area contributed by atoms with Gasteiger partial charge in [0.15, 0.2) is 0 Å². The van der Waals surface area contributed by atoms with Crippen LogP contribution in [0.25, 0.3) is 0 Å². The van der Waals surface area contributed by atoms with E-state index in [4.69, 9.17) is 11.6 Å². The Balaban J connectivity index is 2.43. The molecule has 0 atom stereocenters. The molecule has 82 valence electrons. The molecule has 1 rings (SSSR count). The van der Waals surface area contributed by atoms with Crippen molar-refractivity contribution in [3.8, 4) is 0 Å². The van der Waals surface area contributed by atoms with E-state index in [-0.39, 0.29) is 5.24 Å². The first-order valence-corrected chi connectivity index (χ1v) is 5.72. The number of hydrogen-bond acceptors (Lipinski definition) is 1. The first kappa shape index (κ1) is 12.3. The number of halogens is 1. The highest BCUT2D eigenvalue weighted by atomic mass is 35.5. The largest absolute Gasteiger partial charge is 0.281 e. The number of hydrogen-bond donors (Lipinski definition) is 0. The number of carbonyl (C=O) groups excluding carboxylic acids is 1. The van der Waals surface area contributed by atoms with E-state index in [1.807, 2.05) is 0 Å². The highest BCUT2D eigenvalue weighted by Crippen LogP contribution is 2.14. The second-order valence-corrected chi connectivity index (χ2v) is 4.41. The van der Waals surface area contributed by atoms with Gasteiger partial charge in [0.05, 0.1) is 0 Å². The molecule has 0 radical (unpaired) electrons. The normalized spacial score (nSPS) is 10.3. The molecule has 0 fully saturated rings. The minimum absolute atomic E-state index is 0.226. The van der Waals surface area contributed by atoms with Crippen LogP contribution in [0.15, 0.2) is 18.2 Å². The highest BCUT2D eigenvalue weighted by molar-refractivity contribution is 6.63. The Morgan fingerprint density at radius 3 is 2.67 bits per heavy atom. The fourth-order valence-corrected chi connectivity index (χ4v) is 1.78. The number of benzene rings is 1. The molecule has 0 unspecified atom stereocenters. The third kappa shape index (κ3) is 4.48. The Labute approximate surface area is 96.5 Å². The van der Waals surface area contributed by atoms with Crippen molar-refractivity contribution in [1.82, 2.24) is 0 Å². The monoisotopic (exact) mass is 224 g/mol. The molecule has 0 aliphatic carbocycles. The molecular formula is C13H17ClO. The molecule has 0 aliphatic rings. The van der Waals surface area contributed by atoms with E-state index >= 15 is 0 Å². The maximum atomic E-state index is 10.5. The Bertz CT molecular complexity index is 344. The van der Waals surface area contributed by atoms with Gasteiger partial charge < -0.3 is 0 Å². The van der Waals surface area contributed by atoms with E-state index < -0.39 is 0 Å². The van der Waals surface area contributed by atoms with Crippen LogP contribution < -0.4 is 0 Å². The lowest BCUT2D eigenvalue weighted by Crippen LogP contribution is -1.93. The molecule has 0 spiro atoms. The van der Waals surface area contributed by atoms with Crippen LogP contribution >= 0.6 is 11.6 Å². The Morgan fingerprint density at radius 2 is 2.00 bits per heavy atom. The number of carbonyl (C=O) groups is 1. The molecule has 2 heteroatoms. The standard InChI is InChI=1S/C13H17ClO/c1-10-7-8-11(2)12(9-10)5-3-4-6-13(14)15/h7-9H,3-6H2,1-2H3. The summed E-state index contributed by atoms with van der Waals surface area (Å²) in [5, 5.41) is -0.226. The summed E-state index contributed by atoms with van der Waals surface area (Å²) in [7, 11) is 0.